The van der Waals surface area contributed by atoms with Gasteiger partial charge in [-0.25, -0.2) is 13.1 Å². The molecule has 0 radical (unpaired) electrons. The first-order valence-electron chi connectivity index (χ1n) is 8.74. The van der Waals surface area contributed by atoms with Gasteiger partial charge in [0.15, 0.2) is 17.5 Å². The molecule has 0 spiro atoms. The second kappa shape index (κ2) is 11.8. The molecule has 0 aromatic heterocycles. The fourth-order valence-electron chi connectivity index (χ4n) is 2.43. The van der Waals surface area contributed by atoms with Gasteiger partial charge in [-0.15, -0.1) is 24.0 Å². The van der Waals surface area contributed by atoms with Crippen molar-refractivity contribution >= 4 is 45.6 Å². The Kier molecular flexibility index (Phi) is 10.2. The maximum atomic E-state index is 11.8. The van der Waals surface area contributed by atoms with Gasteiger partial charge < -0.3 is 20.1 Å². The number of guanidine groups is 1. The van der Waals surface area contributed by atoms with Gasteiger partial charge in [0.05, 0.1) is 18.6 Å². The smallest absolute Gasteiger partial charge is 0.240 e. The number of rotatable bonds is 8. The Bertz CT molecular complexity index is 918. The zero-order valence-electron chi connectivity index (χ0n) is 16.9. The van der Waals surface area contributed by atoms with E-state index in [0.29, 0.717) is 30.6 Å². The molecule has 29 heavy (non-hydrogen) atoms. The van der Waals surface area contributed by atoms with Crippen LogP contribution >= 0.6 is 24.0 Å². The number of halogens is 1. The van der Waals surface area contributed by atoms with E-state index in [4.69, 9.17) is 9.47 Å². The summed E-state index contributed by atoms with van der Waals surface area (Å²) in [6, 6.07) is 12.2. The first kappa shape index (κ1) is 25.0. The van der Waals surface area contributed by atoms with E-state index in [9.17, 15) is 8.42 Å². The van der Waals surface area contributed by atoms with E-state index < -0.39 is 10.0 Å². The van der Waals surface area contributed by atoms with Crippen LogP contribution < -0.4 is 24.8 Å². The SMILES string of the molecule is CCOc1ccc(NC(=NC)NCc2ccc(S(=O)(=O)NC)cc2)cc1OC.I. The summed E-state index contributed by atoms with van der Waals surface area (Å²) in [5, 5.41) is 6.37. The van der Waals surface area contributed by atoms with Crippen molar-refractivity contribution in [1.29, 1.82) is 0 Å². The summed E-state index contributed by atoms with van der Waals surface area (Å²) in [7, 11) is 1.21. The maximum Gasteiger partial charge on any atom is 0.240 e. The van der Waals surface area contributed by atoms with Crippen LogP contribution in [-0.2, 0) is 16.6 Å². The normalized spacial score (nSPS) is 11.4. The van der Waals surface area contributed by atoms with Gasteiger partial charge >= 0.3 is 0 Å². The summed E-state index contributed by atoms with van der Waals surface area (Å²) < 4.78 is 36.7. The fourth-order valence-corrected chi connectivity index (χ4v) is 3.16. The largest absolute Gasteiger partial charge is 0.493 e. The molecule has 0 aliphatic rings. The van der Waals surface area contributed by atoms with E-state index in [0.717, 1.165) is 11.3 Å². The van der Waals surface area contributed by atoms with E-state index in [1.54, 1.807) is 38.4 Å². The zero-order valence-corrected chi connectivity index (χ0v) is 20.0. The third-order valence-electron chi connectivity index (χ3n) is 3.91. The number of hydrogen-bond acceptors (Lipinski definition) is 5. The standard InChI is InChI=1S/C19H26N4O4S.HI/c1-5-27-17-11-8-15(12-18(17)26-4)23-19(20-2)22-13-14-6-9-16(10-7-14)28(24,25)21-3;/h6-12,21H,5,13H2,1-4H3,(H2,20,22,23);1H. The highest BCUT2D eigenvalue weighted by atomic mass is 127. The van der Waals surface area contributed by atoms with Crippen LogP contribution in [0.4, 0.5) is 5.69 Å². The highest BCUT2D eigenvalue weighted by molar-refractivity contribution is 14.0. The summed E-state index contributed by atoms with van der Waals surface area (Å²) in [6.07, 6.45) is 0. The third-order valence-corrected chi connectivity index (χ3v) is 5.34. The van der Waals surface area contributed by atoms with Crippen LogP contribution in [0.5, 0.6) is 11.5 Å². The van der Waals surface area contributed by atoms with Crippen molar-refractivity contribution in [2.24, 2.45) is 4.99 Å². The van der Waals surface area contributed by atoms with Crippen LogP contribution in [0, 0.1) is 0 Å². The van der Waals surface area contributed by atoms with Gasteiger partial charge in [-0.1, -0.05) is 12.1 Å². The van der Waals surface area contributed by atoms with Crippen molar-refractivity contribution < 1.29 is 17.9 Å². The van der Waals surface area contributed by atoms with E-state index in [1.807, 2.05) is 25.1 Å². The fraction of sp³-hybridized carbons (Fsp3) is 0.316. The molecule has 0 aliphatic carbocycles. The monoisotopic (exact) mass is 534 g/mol. The Morgan fingerprint density at radius 1 is 1.10 bits per heavy atom. The number of nitrogens with one attached hydrogen (secondary N) is 3. The lowest BCUT2D eigenvalue weighted by Gasteiger charge is -2.15. The first-order valence-corrected chi connectivity index (χ1v) is 10.2. The topological polar surface area (TPSA) is 101 Å². The van der Waals surface area contributed by atoms with E-state index in [1.165, 1.54) is 7.05 Å². The number of hydrogen-bond donors (Lipinski definition) is 3. The summed E-state index contributed by atoms with van der Waals surface area (Å²) in [5.74, 6) is 1.87. The van der Waals surface area contributed by atoms with Crippen molar-refractivity contribution in [2.45, 2.75) is 18.4 Å². The highest BCUT2D eigenvalue weighted by Crippen LogP contribution is 2.30. The minimum Gasteiger partial charge on any atom is -0.493 e. The Hall–Kier alpha value is -2.05. The van der Waals surface area contributed by atoms with Crippen LogP contribution in [0.25, 0.3) is 0 Å². The summed E-state index contributed by atoms with van der Waals surface area (Å²) in [6.45, 7) is 2.95. The Labute approximate surface area is 189 Å². The molecular weight excluding hydrogens is 507 g/mol. The Morgan fingerprint density at radius 3 is 2.34 bits per heavy atom. The number of sulfonamides is 1. The molecule has 0 fully saturated rings. The van der Waals surface area contributed by atoms with E-state index >= 15 is 0 Å². The molecule has 2 aromatic carbocycles. The van der Waals surface area contributed by atoms with E-state index in [2.05, 4.69) is 20.3 Å². The van der Waals surface area contributed by atoms with Gasteiger partial charge in [-0.2, -0.15) is 0 Å². The highest BCUT2D eigenvalue weighted by Gasteiger charge is 2.11. The van der Waals surface area contributed by atoms with Crippen molar-refractivity contribution in [3.05, 3.63) is 48.0 Å². The summed E-state index contributed by atoms with van der Waals surface area (Å²) in [4.78, 5) is 4.42. The second-order valence-corrected chi connectivity index (χ2v) is 7.59. The van der Waals surface area contributed by atoms with Crippen molar-refractivity contribution in [2.75, 3.05) is 33.1 Å². The summed E-state index contributed by atoms with van der Waals surface area (Å²) >= 11 is 0. The maximum absolute atomic E-state index is 11.8. The Morgan fingerprint density at radius 2 is 1.79 bits per heavy atom. The number of ether oxygens (including phenoxy) is 2. The molecular formula is C19H27IN4O4S. The van der Waals surface area contributed by atoms with Crippen molar-refractivity contribution in [3.63, 3.8) is 0 Å². The molecule has 0 heterocycles. The minimum atomic E-state index is -3.43. The van der Waals surface area contributed by atoms with Crippen LogP contribution in [0.1, 0.15) is 12.5 Å². The van der Waals surface area contributed by atoms with Gasteiger partial charge in [0.25, 0.3) is 0 Å². The lowest BCUT2D eigenvalue weighted by Crippen LogP contribution is -2.30. The third kappa shape index (κ3) is 7.05. The molecule has 0 atom stereocenters. The molecule has 2 aromatic rings. The van der Waals surface area contributed by atoms with Crippen molar-refractivity contribution in [1.82, 2.24) is 10.0 Å². The molecule has 8 nitrogen and oxygen atoms in total. The lowest BCUT2D eigenvalue weighted by molar-refractivity contribution is 0.311. The van der Waals surface area contributed by atoms with Gasteiger partial charge in [-0.05, 0) is 43.8 Å². The number of benzene rings is 2. The Balaban J connectivity index is 0.00000420. The van der Waals surface area contributed by atoms with Crippen LogP contribution in [0.15, 0.2) is 52.4 Å². The average molecular weight is 534 g/mol. The van der Waals surface area contributed by atoms with Gasteiger partial charge in [0.2, 0.25) is 10.0 Å². The lowest BCUT2D eigenvalue weighted by atomic mass is 10.2. The number of methoxy groups -OCH3 is 1. The molecule has 0 bridgehead atoms. The molecule has 0 saturated carbocycles. The zero-order chi connectivity index (χ0) is 20.6. The van der Waals surface area contributed by atoms with Crippen molar-refractivity contribution in [3.8, 4) is 11.5 Å². The van der Waals surface area contributed by atoms with Gasteiger partial charge in [-0.3, -0.25) is 4.99 Å². The number of aliphatic imine (C=N–C) groups is 1. The quantitative estimate of drug-likeness (QED) is 0.274. The predicted octanol–water partition coefficient (Wildman–Crippen LogP) is 2.81. The molecule has 3 N–H and O–H groups in total. The molecule has 0 saturated heterocycles. The molecule has 160 valence electrons. The molecule has 2 rings (SSSR count). The number of nitrogens with zero attached hydrogens (tertiary/aromatic N) is 1. The van der Waals surface area contributed by atoms with E-state index in [-0.39, 0.29) is 28.9 Å². The van der Waals surface area contributed by atoms with Gasteiger partial charge in [0.1, 0.15) is 0 Å². The molecule has 10 heteroatoms. The summed E-state index contributed by atoms with van der Waals surface area (Å²) in [5.41, 5.74) is 1.71. The molecule has 0 aliphatic heterocycles. The minimum absolute atomic E-state index is 0. The predicted molar refractivity (Wildman–Crippen MR) is 126 cm³/mol. The van der Waals surface area contributed by atoms with Crippen LogP contribution in [0.3, 0.4) is 0 Å². The van der Waals surface area contributed by atoms with Crippen LogP contribution in [0.2, 0.25) is 0 Å². The second-order valence-electron chi connectivity index (χ2n) is 5.70. The van der Waals surface area contributed by atoms with Crippen LogP contribution in [-0.4, -0.2) is 42.2 Å². The van der Waals surface area contributed by atoms with Gasteiger partial charge in [0, 0.05) is 25.3 Å². The molecule has 0 unspecified atom stereocenters. The average Bonchev–Trinajstić information content (AvgIpc) is 2.72. The first-order chi connectivity index (χ1) is 13.4. The molecule has 0 amide bonds. The number of anilines is 1.